The summed E-state index contributed by atoms with van der Waals surface area (Å²) in [7, 11) is 0. The predicted molar refractivity (Wildman–Crippen MR) is 89.5 cm³/mol. The van der Waals surface area contributed by atoms with Crippen LogP contribution >= 0.6 is 0 Å². The molecule has 0 unspecified atom stereocenters. The number of benzene rings is 1. The summed E-state index contributed by atoms with van der Waals surface area (Å²) in [6.45, 7) is 5.15. The van der Waals surface area contributed by atoms with Crippen molar-refractivity contribution in [2.75, 3.05) is 31.5 Å². The number of para-hydroxylation sites is 2. The zero-order valence-corrected chi connectivity index (χ0v) is 13.5. The fourth-order valence-electron chi connectivity index (χ4n) is 2.96. The molecule has 126 valence electrons. The van der Waals surface area contributed by atoms with Crippen molar-refractivity contribution in [2.45, 2.75) is 32.2 Å². The number of carbonyl (C=O) groups is 1. The molecule has 2 N–H and O–H groups in total. The largest absolute Gasteiger partial charge is 0.319 e. The summed E-state index contributed by atoms with van der Waals surface area (Å²) < 4.78 is 0. The van der Waals surface area contributed by atoms with Crippen molar-refractivity contribution in [1.82, 2.24) is 10.2 Å². The summed E-state index contributed by atoms with van der Waals surface area (Å²) in [4.78, 5) is 25.0. The number of rotatable bonds is 7. The third kappa shape index (κ3) is 5.01. The first-order valence-corrected chi connectivity index (χ1v) is 8.10. The van der Waals surface area contributed by atoms with Crippen molar-refractivity contribution < 1.29 is 9.72 Å². The number of nitro groups is 1. The van der Waals surface area contributed by atoms with Gasteiger partial charge in [0.05, 0.1) is 11.5 Å². The summed E-state index contributed by atoms with van der Waals surface area (Å²) in [6, 6.07) is 6.62. The number of hydrogen-bond acceptors (Lipinski definition) is 5. The minimum absolute atomic E-state index is 0.0789. The molecule has 0 saturated carbocycles. The Morgan fingerprint density at radius 2 is 2.09 bits per heavy atom. The van der Waals surface area contributed by atoms with Gasteiger partial charge in [-0.05, 0) is 45.0 Å². The molecule has 1 aliphatic heterocycles. The minimum Gasteiger partial charge on any atom is -0.319 e. The molecule has 1 aromatic rings. The second kappa shape index (κ2) is 8.59. The molecule has 0 aromatic heterocycles. The van der Waals surface area contributed by atoms with Crippen LogP contribution in [0.4, 0.5) is 11.4 Å². The van der Waals surface area contributed by atoms with E-state index in [0.717, 1.165) is 38.9 Å². The maximum Gasteiger partial charge on any atom is 0.292 e. The molecule has 0 atom stereocenters. The molecule has 0 bridgehead atoms. The molecule has 1 heterocycles. The van der Waals surface area contributed by atoms with E-state index in [0.29, 0.717) is 6.04 Å². The number of piperidine rings is 1. The molecule has 23 heavy (non-hydrogen) atoms. The zero-order valence-electron chi connectivity index (χ0n) is 13.5. The Kier molecular flexibility index (Phi) is 6.49. The summed E-state index contributed by atoms with van der Waals surface area (Å²) >= 11 is 0. The van der Waals surface area contributed by atoms with Crippen molar-refractivity contribution >= 4 is 17.3 Å². The highest BCUT2D eigenvalue weighted by atomic mass is 16.6. The number of nitrogens with zero attached hydrogens (tertiary/aromatic N) is 2. The van der Waals surface area contributed by atoms with Gasteiger partial charge in [0, 0.05) is 12.1 Å². The molecule has 0 spiro atoms. The molecule has 1 aliphatic rings. The minimum atomic E-state index is -0.480. The average molecular weight is 320 g/mol. The summed E-state index contributed by atoms with van der Waals surface area (Å²) in [5, 5.41) is 17.0. The van der Waals surface area contributed by atoms with E-state index < -0.39 is 4.92 Å². The lowest BCUT2D eigenvalue weighted by atomic mass is 10.0. The maximum atomic E-state index is 12.3. The van der Waals surface area contributed by atoms with E-state index in [1.54, 1.807) is 18.2 Å². The first-order valence-electron chi connectivity index (χ1n) is 8.10. The Labute approximate surface area is 136 Å². The van der Waals surface area contributed by atoms with Gasteiger partial charge in [0.2, 0.25) is 5.91 Å². The van der Waals surface area contributed by atoms with Crippen molar-refractivity contribution in [1.29, 1.82) is 0 Å². The van der Waals surface area contributed by atoms with Crippen LogP contribution in [0.2, 0.25) is 0 Å². The fraction of sp³-hybridized carbons (Fsp3) is 0.562. The zero-order chi connectivity index (χ0) is 16.7. The molecular weight excluding hydrogens is 296 g/mol. The first-order chi connectivity index (χ1) is 11.1. The van der Waals surface area contributed by atoms with E-state index >= 15 is 0 Å². The predicted octanol–water partition coefficient (Wildman–Crippen LogP) is 2.00. The van der Waals surface area contributed by atoms with Gasteiger partial charge >= 0.3 is 0 Å². The van der Waals surface area contributed by atoms with Crippen LogP contribution in [0.5, 0.6) is 0 Å². The lowest BCUT2D eigenvalue weighted by molar-refractivity contribution is -0.383. The first kappa shape index (κ1) is 17.4. The Morgan fingerprint density at radius 1 is 1.39 bits per heavy atom. The molecule has 1 fully saturated rings. The van der Waals surface area contributed by atoms with E-state index in [-0.39, 0.29) is 23.8 Å². The highest BCUT2D eigenvalue weighted by Gasteiger charge is 2.23. The highest BCUT2D eigenvalue weighted by molar-refractivity contribution is 5.94. The second-order valence-electron chi connectivity index (χ2n) is 5.77. The molecule has 7 nitrogen and oxygen atoms in total. The van der Waals surface area contributed by atoms with Crippen LogP contribution in [0.3, 0.4) is 0 Å². The van der Waals surface area contributed by atoms with Gasteiger partial charge in [0.25, 0.3) is 5.69 Å². The van der Waals surface area contributed by atoms with Gasteiger partial charge in [-0.15, -0.1) is 0 Å². The molecular formula is C16H24N4O3. The number of nitrogens with one attached hydrogen (secondary N) is 2. The number of carbonyl (C=O) groups excluding carboxylic acids is 1. The summed E-state index contributed by atoms with van der Waals surface area (Å²) in [6.07, 6.45) is 3.03. The number of hydrogen-bond donors (Lipinski definition) is 2. The van der Waals surface area contributed by atoms with E-state index in [9.17, 15) is 14.9 Å². The average Bonchev–Trinajstić information content (AvgIpc) is 2.55. The van der Waals surface area contributed by atoms with Crippen LogP contribution in [0.1, 0.15) is 26.2 Å². The quantitative estimate of drug-likeness (QED) is 0.592. The van der Waals surface area contributed by atoms with E-state index in [4.69, 9.17) is 0 Å². The van der Waals surface area contributed by atoms with Gasteiger partial charge in [-0.25, -0.2) is 0 Å². The van der Waals surface area contributed by atoms with Crippen LogP contribution in [-0.4, -0.2) is 48.0 Å². The van der Waals surface area contributed by atoms with Gasteiger partial charge in [-0.1, -0.05) is 19.1 Å². The Hall–Kier alpha value is -1.99. The standard InChI is InChI=1S/C16H24N4O3/c1-2-11-19(13-7-9-17-10-8-13)12-16(21)18-14-5-3-4-6-15(14)20(22)23/h3-6,13,17H,2,7-12H2,1H3,(H,18,21). The molecule has 1 saturated heterocycles. The SMILES string of the molecule is CCCN(CC(=O)Nc1ccccc1[N+](=O)[O-])C1CCNCC1. The number of nitro benzene ring substituents is 1. The van der Waals surface area contributed by atoms with Gasteiger partial charge in [-0.2, -0.15) is 0 Å². The molecule has 1 amide bonds. The summed E-state index contributed by atoms with van der Waals surface area (Å²) in [5.74, 6) is -0.203. The van der Waals surface area contributed by atoms with Crippen molar-refractivity contribution in [3.63, 3.8) is 0 Å². The third-order valence-electron chi connectivity index (χ3n) is 4.06. The van der Waals surface area contributed by atoms with E-state index in [2.05, 4.69) is 22.5 Å². The van der Waals surface area contributed by atoms with Gasteiger partial charge in [0.15, 0.2) is 0 Å². The van der Waals surface area contributed by atoms with Crippen molar-refractivity contribution in [3.8, 4) is 0 Å². The Bertz CT molecular complexity index is 544. The molecule has 2 rings (SSSR count). The second-order valence-corrected chi connectivity index (χ2v) is 5.77. The maximum absolute atomic E-state index is 12.3. The summed E-state index contributed by atoms with van der Waals surface area (Å²) in [5.41, 5.74) is 0.175. The van der Waals surface area contributed by atoms with Gasteiger partial charge in [0.1, 0.15) is 5.69 Å². The Balaban J connectivity index is 2.00. The van der Waals surface area contributed by atoms with Crippen LogP contribution in [0.25, 0.3) is 0 Å². The lowest BCUT2D eigenvalue weighted by Crippen LogP contribution is -2.46. The fourth-order valence-corrected chi connectivity index (χ4v) is 2.96. The monoisotopic (exact) mass is 320 g/mol. The number of anilines is 1. The van der Waals surface area contributed by atoms with E-state index in [1.807, 2.05) is 0 Å². The van der Waals surface area contributed by atoms with Crippen molar-refractivity contribution in [2.24, 2.45) is 0 Å². The normalized spacial score (nSPS) is 15.6. The highest BCUT2D eigenvalue weighted by Crippen LogP contribution is 2.23. The topological polar surface area (TPSA) is 87.5 Å². The number of amides is 1. The van der Waals surface area contributed by atoms with E-state index in [1.165, 1.54) is 6.07 Å². The molecule has 0 aliphatic carbocycles. The van der Waals surface area contributed by atoms with Crippen LogP contribution in [-0.2, 0) is 4.79 Å². The molecule has 0 radical (unpaired) electrons. The lowest BCUT2D eigenvalue weighted by Gasteiger charge is -2.33. The molecule has 1 aromatic carbocycles. The van der Waals surface area contributed by atoms with Crippen LogP contribution in [0.15, 0.2) is 24.3 Å². The van der Waals surface area contributed by atoms with Crippen LogP contribution < -0.4 is 10.6 Å². The van der Waals surface area contributed by atoms with Crippen molar-refractivity contribution in [3.05, 3.63) is 34.4 Å². The van der Waals surface area contributed by atoms with Crippen LogP contribution in [0, 0.1) is 10.1 Å². The smallest absolute Gasteiger partial charge is 0.292 e. The Morgan fingerprint density at radius 3 is 2.74 bits per heavy atom. The third-order valence-corrected chi connectivity index (χ3v) is 4.06. The van der Waals surface area contributed by atoms with Gasteiger partial charge < -0.3 is 10.6 Å². The molecule has 7 heteroatoms. The van der Waals surface area contributed by atoms with Gasteiger partial charge in [-0.3, -0.25) is 19.8 Å².